The minimum atomic E-state index is 0.0532. The summed E-state index contributed by atoms with van der Waals surface area (Å²) in [5, 5.41) is 0.963. The minimum Gasteiger partial charge on any atom is -0.289 e. The lowest BCUT2D eigenvalue weighted by Gasteiger charge is -2.16. The van der Waals surface area contributed by atoms with E-state index in [9.17, 15) is 4.79 Å². The molecular weight excluding hydrogens is 294 g/mol. The van der Waals surface area contributed by atoms with E-state index < -0.39 is 0 Å². The molecule has 0 atom stereocenters. The second-order valence-corrected chi connectivity index (χ2v) is 5.56. The molecule has 1 aliphatic carbocycles. The van der Waals surface area contributed by atoms with Gasteiger partial charge in [0.15, 0.2) is 4.73 Å². The van der Waals surface area contributed by atoms with Crippen molar-refractivity contribution in [2.75, 3.05) is 0 Å². The molecule has 4 nitrogen and oxygen atoms in total. The Hall–Kier alpha value is -1.23. The number of halogens is 1. The first-order valence-electron chi connectivity index (χ1n) is 6.21. The van der Waals surface area contributed by atoms with Gasteiger partial charge in [0.2, 0.25) is 0 Å². The van der Waals surface area contributed by atoms with Gasteiger partial charge in [0.05, 0.1) is 0 Å². The number of nitrogens with zero attached hydrogens (tertiary/aromatic N) is 3. The monoisotopic (exact) mass is 307 g/mol. The number of pyridine rings is 1. The van der Waals surface area contributed by atoms with Gasteiger partial charge in [-0.1, -0.05) is 12.8 Å². The van der Waals surface area contributed by atoms with E-state index in [1.807, 2.05) is 11.5 Å². The fourth-order valence-corrected chi connectivity index (χ4v) is 3.04. The molecule has 3 rings (SSSR count). The zero-order valence-electron chi connectivity index (χ0n) is 10.2. The first kappa shape index (κ1) is 11.8. The van der Waals surface area contributed by atoms with Crippen molar-refractivity contribution in [1.29, 1.82) is 0 Å². The highest BCUT2D eigenvalue weighted by atomic mass is 79.9. The molecule has 0 N–H and O–H groups in total. The molecule has 5 heteroatoms. The van der Waals surface area contributed by atoms with Crippen molar-refractivity contribution in [2.45, 2.75) is 38.6 Å². The molecule has 0 amide bonds. The third-order valence-electron chi connectivity index (χ3n) is 3.66. The molecule has 2 heterocycles. The summed E-state index contributed by atoms with van der Waals surface area (Å²) in [7, 11) is 0. The smallest absolute Gasteiger partial charge is 0.252 e. The number of hydrogen-bond donors (Lipinski definition) is 0. The van der Waals surface area contributed by atoms with Crippen molar-refractivity contribution in [3.63, 3.8) is 0 Å². The van der Waals surface area contributed by atoms with Crippen LogP contribution >= 0.6 is 15.9 Å². The molecule has 1 aliphatic rings. The lowest BCUT2D eigenvalue weighted by Crippen LogP contribution is -2.24. The third kappa shape index (κ3) is 1.86. The largest absolute Gasteiger partial charge is 0.289 e. The Morgan fingerprint density at radius 3 is 2.83 bits per heavy atom. The summed E-state index contributed by atoms with van der Waals surface area (Å²) < 4.78 is 2.38. The Labute approximate surface area is 113 Å². The van der Waals surface area contributed by atoms with Crippen LogP contribution in [0.5, 0.6) is 0 Å². The number of aryl methyl sites for hydroxylation is 1. The summed E-state index contributed by atoms with van der Waals surface area (Å²) in [6, 6.07) is 1.99. The van der Waals surface area contributed by atoms with Crippen LogP contribution in [0.15, 0.2) is 21.8 Å². The maximum atomic E-state index is 12.2. The molecule has 0 spiro atoms. The maximum Gasteiger partial charge on any atom is 0.252 e. The molecule has 2 aromatic heterocycles. The Balaban J connectivity index is 2.34. The zero-order valence-corrected chi connectivity index (χ0v) is 11.8. The third-order valence-corrected chi connectivity index (χ3v) is 4.04. The normalized spacial score (nSPS) is 16.6. The molecule has 2 aromatic rings. The van der Waals surface area contributed by atoms with E-state index >= 15 is 0 Å². The van der Waals surface area contributed by atoms with E-state index in [0.717, 1.165) is 29.4 Å². The van der Waals surface area contributed by atoms with Gasteiger partial charge in [-0.05, 0) is 41.3 Å². The van der Waals surface area contributed by atoms with E-state index in [0.29, 0.717) is 10.8 Å². The van der Waals surface area contributed by atoms with Crippen LogP contribution in [0.4, 0.5) is 0 Å². The topological polar surface area (TPSA) is 47.8 Å². The predicted molar refractivity (Wildman–Crippen MR) is 73.7 cm³/mol. The van der Waals surface area contributed by atoms with Crippen molar-refractivity contribution < 1.29 is 0 Å². The molecule has 1 saturated carbocycles. The van der Waals surface area contributed by atoms with Gasteiger partial charge in [-0.3, -0.25) is 9.36 Å². The minimum absolute atomic E-state index is 0.0532. The Bertz CT molecular complexity index is 659. The summed E-state index contributed by atoms with van der Waals surface area (Å²) in [5.41, 5.74) is 1.75. The van der Waals surface area contributed by atoms with Gasteiger partial charge in [0.1, 0.15) is 5.65 Å². The SMILES string of the molecule is Cc1cc(=O)n(C2CCCC2)c2nc(Br)ncc12. The van der Waals surface area contributed by atoms with Crippen LogP contribution in [0.2, 0.25) is 0 Å². The van der Waals surface area contributed by atoms with Crippen LogP contribution < -0.4 is 5.56 Å². The van der Waals surface area contributed by atoms with Gasteiger partial charge in [0, 0.05) is 23.7 Å². The Kier molecular flexibility index (Phi) is 2.93. The summed E-state index contributed by atoms with van der Waals surface area (Å²) in [6.07, 6.45) is 6.31. The van der Waals surface area contributed by atoms with Gasteiger partial charge in [-0.15, -0.1) is 0 Å². The van der Waals surface area contributed by atoms with Crippen molar-refractivity contribution in [3.8, 4) is 0 Å². The molecule has 0 aromatic carbocycles. The van der Waals surface area contributed by atoms with Gasteiger partial charge >= 0.3 is 0 Å². The van der Waals surface area contributed by atoms with Crippen LogP contribution in [0.25, 0.3) is 11.0 Å². The van der Waals surface area contributed by atoms with Crippen LogP contribution in [0.1, 0.15) is 37.3 Å². The van der Waals surface area contributed by atoms with Crippen LogP contribution in [0, 0.1) is 6.92 Å². The van der Waals surface area contributed by atoms with E-state index in [-0.39, 0.29) is 5.56 Å². The first-order valence-corrected chi connectivity index (χ1v) is 7.00. The average Bonchev–Trinajstić information content (AvgIpc) is 2.82. The molecule has 0 unspecified atom stereocenters. The van der Waals surface area contributed by atoms with Crippen LogP contribution in [-0.2, 0) is 0 Å². The van der Waals surface area contributed by atoms with E-state index in [1.54, 1.807) is 12.3 Å². The highest BCUT2D eigenvalue weighted by molar-refractivity contribution is 9.10. The van der Waals surface area contributed by atoms with E-state index in [2.05, 4.69) is 25.9 Å². The second-order valence-electron chi connectivity index (χ2n) is 4.85. The van der Waals surface area contributed by atoms with Gasteiger partial charge in [-0.25, -0.2) is 9.97 Å². The summed E-state index contributed by atoms with van der Waals surface area (Å²) in [4.78, 5) is 20.8. The van der Waals surface area contributed by atoms with Crippen molar-refractivity contribution >= 4 is 27.0 Å². The van der Waals surface area contributed by atoms with Gasteiger partial charge in [0.25, 0.3) is 5.56 Å². The van der Waals surface area contributed by atoms with Gasteiger partial charge < -0.3 is 0 Å². The molecule has 94 valence electrons. The molecule has 1 fully saturated rings. The molecule has 0 bridgehead atoms. The number of rotatable bonds is 1. The molecule has 18 heavy (non-hydrogen) atoms. The van der Waals surface area contributed by atoms with E-state index in [1.165, 1.54) is 12.8 Å². The first-order chi connectivity index (χ1) is 8.66. The highest BCUT2D eigenvalue weighted by Gasteiger charge is 2.21. The quantitative estimate of drug-likeness (QED) is 0.761. The van der Waals surface area contributed by atoms with E-state index in [4.69, 9.17) is 0 Å². The van der Waals surface area contributed by atoms with Gasteiger partial charge in [-0.2, -0.15) is 0 Å². The fourth-order valence-electron chi connectivity index (χ4n) is 2.77. The fraction of sp³-hybridized carbons (Fsp3) is 0.462. The summed E-state index contributed by atoms with van der Waals surface area (Å²) >= 11 is 3.29. The number of fused-ring (bicyclic) bond motifs is 1. The van der Waals surface area contributed by atoms with Crippen molar-refractivity contribution in [1.82, 2.24) is 14.5 Å². The lowest BCUT2D eigenvalue weighted by molar-refractivity contribution is 0.515. The maximum absolute atomic E-state index is 12.2. The lowest BCUT2D eigenvalue weighted by atomic mass is 10.1. The molecule has 0 aliphatic heterocycles. The zero-order chi connectivity index (χ0) is 12.7. The number of aromatic nitrogens is 3. The number of hydrogen-bond acceptors (Lipinski definition) is 3. The standard InChI is InChI=1S/C13H14BrN3O/c1-8-6-11(18)17(9-4-2-3-5-9)12-10(8)7-15-13(14)16-12/h6-7,9H,2-5H2,1H3. The molecule has 0 radical (unpaired) electrons. The second kappa shape index (κ2) is 4.46. The highest BCUT2D eigenvalue weighted by Crippen LogP contribution is 2.30. The summed E-state index contributed by atoms with van der Waals surface area (Å²) in [6.45, 7) is 1.93. The summed E-state index contributed by atoms with van der Waals surface area (Å²) in [5.74, 6) is 0. The van der Waals surface area contributed by atoms with Crippen LogP contribution in [0.3, 0.4) is 0 Å². The van der Waals surface area contributed by atoms with Crippen molar-refractivity contribution in [2.24, 2.45) is 0 Å². The average molecular weight is 308 g/mol. The van der Waals surface area contributed by atoms with Crippen molar-refractivity contribution in [3.05, 3.63) is 32.9 Å². The Morgan fingerprint density at radius 1 is 1.39 bits per heavy atom. The molecular formula is C13H14BrN3O. The molecule has 0 saturated heterocycles. The predicted octanol–water partition coefficient (Wildman–Crippen LogP) is 2.98. The van der Waals surface area contributed by atoms with Crippen LogP contribution in [-0.4, -0.2) is 14.5 Å². The Morgan fingerprint density at radius 2 is 2.11 bits per heavy atom.